The van der Waals surface area contributed by atoms with Gasteiger partial charge in [-0.3, -0.25) is 9.59 Å². The molecular formula is C24H32N2O4. The maximum absolute atomic E-state index is 13.7. The second kappa shape index (κ2) is 8.06. The van der Waals surface area contributed by atoms with Crippen molar-refractivity contribution in [2.75, 3.05) is 34.3 Å². The Hall–Kier alpha value is -2.34. The fourth-order valence-electron chi connectivity index (χ4n) is 4.98. The largest absolute Gasteiger partial charge is 0.497 e. The lowest BCUT2D eigenvalue weighted by Crippen LogP contribution is -2.43. The molecule has 0 aromatic heterocycles. The molecule has 1 saturated carbocycles. The predicted molar refractivity (Wildman–Crippen MR) is 114 cm³/mol. The average molecular weight is 413 g/mol. The summed E-state index contributed by atoms with van der Waals surface area (Å²) >= 11 is 0. The first-order valence-corrected chi connectivity index (χ1v) is 10.9. The van der Waals surface area contributed by atoms with Gasteiger partial charge in [-0.25, -0.2) is 0 Å². The molecule has 5 atom stereocenters. The Morgan fingerprint density at radius 1 is 1.10 bits per heavy atom. The Morgan fingerprint density at radius 3 is 2.40 bits per heavy atom. The van der Waals surface area contributed by atoms with Gasteiger partial charge in [0, 0.05) is 13.1 Å². The van der Waals surface area contributed by atoms with Crippen molar-refractivity contribution in [3.05, 3.63) is 41.2 Å². The van der Waals surface area contributed by atoms with E-state index in [4.69, 9.17) is 9.47 Å². The molecule has 5 unspecified atom stereocenters. The number of amides is 1. The van der Waals surface area contributed by atoms with Gasteiger partial charge in [0.2, 0.25) is 0 Å². The standard InChI is InChI=1S/C24H32N2O4/c1-14-12-18-19(13-15(14)2)30-23-20(22(18)27)21(16-6-8-17(29-5)9-7-16)26(24(23)28)11-10-25(3)4/h6-9,14-15,18-19,21H,10-13H2,1-5H3. The number of carbonyl (C=O) groups excluding carboxylic acids is 2. The van der Waals surface area contributed by atoms with Gasteiger partial charge < -0.3 is 19.3 Å². The fraction of sp³-hybridized carbons (Fsp3) is 0.583. The zero-order valence-corrected chi connectivity index (χ0v) is 18.6. The summed E-state index contributed by atoms with van der Waals surface area (Å²) in [6, 6.07) is 7.25. The van der Waals surface area contributed by atoms with Crippen molar-refractivity contribution in [3.8, 4) is 5.75 Å². The lowest BCUT2D eigenvalue weighted by Gasteiger charge is -2.40. The van der Waals surface area contributed by atoms with Crippen LogP contribution in [-0.4, -0.2) is 61.9 Å². The molecule has 0 spiro atoms. The number of Topliss-reactive ketones (excluding diaryl/α,β-unsaturated/α-hetero) is 1. The summed E-state index contributed by atoms with van der Waals surface area (Å²) in [5.41, 5.74) is 1.47. The first-order valence-electron chi connectivity index (χ1n) is 10.9. The highest BCUT2D eigenvalue weighted by atomic mass is 16.5. The van der Waals surface area contributed by atoms with Crippen LogP contribution < -0.4 is 4.74 Å². The van der Waals surface area contributed by atoms with E-state index in [0.29, 0.717) is 30.5 Å². The molecule has 0 radical (unpaired) electrons. The molecule has 0 bridgehead atoms. The van der Waals surface area contributed by atoms with Gasteiger partial charge in [-0.1, -0.05) is 26.0 Å². The molecule has 1 amide bonds. The second-order valence-electron chi connectivity index (χ2n) is 9.27. The maximum Gasteiger partial charge on any atom is 0.290 e. The van der Waals surface area contributed by atoms with Crippen LogP contribution in [0, 0.1) is 17.8 Å². The summed E-state index contributed by atoms with van der Waals surface area (Å²) < 4.78 is 11.6. The van der Waals surface area contributed by atoms with E-state index >= 15 is 0 Å². The van der Waals surface area contributed by atoms with Gasteiger partial charge in [-0.15, -0.1) is 0 Å². The minimum absolute atomic E-state index is 0.0986. The number of likely N-dealkylation sites (N-methyl/N-ethyl adjacent to an activating group) is 1. The minimum atomic E-state index is -0.401. The summed E-state index contributed by atoms with van der Waals surface area (Å²) in [6.45, 7) is 5.67. The SMILES string of the molecule is COc1ccc(C2C3=C(OC4CC(C)C(C)CC4C3=O)C(=O)N2CCN(C)C)cc1. The van der Waals surface area contributed by atoms with Crippen LogP contribution >= 0.6 is 0 Å². The molecule has 0 saturated heterocycles. The molecule has 0 N–H and O–H groups in total. The number of methoxy groups -OCH3 is 1. The topological polar surface area (TPSA) is 59.1 Å². The third-order valence-corrected chi connectivity index (χ3v) is 7.03. The lowest BCUT2D eigenvalue weighted by molar-refractivity contribution is -0.137. The van der Waals surface area contributed by atoms with Crippen molar-refractivity contribution in [2.24, 2.45) is 17.8 Å². The number of fused-ring (bicyclic) bond motifs is 1. The van der Waals surface area contributed by atoms with Gasteiger partial charge in [0.05, 0.1) is 24.6 Å². The van der Waals surface area contributed by atoms with E-state index in [2.05, 4.69) is 13.8 Å². The Labute approximate surface area is 178 Å². The molecule has 1 aromatic carbocycles. The van der Waals surface area contributed by atoms with Crippen LogP contribution in [0.15, 0.2) is 35.6 Å². The first kappa shape index (κ1) is 20.9. The molecule has 1 fully saturated rings. The molecule has 162 valence electrons. The first-order chi connectivity index (χ1) is 14.3. The lowest BCUT2D eigenvalue weighted by atomic mass is 9.70. The number of benzene rings is 1. The van der Waals surface area contributed by atoms with Gasteiger partial charge in [0.1, 0.15) is 11.9 Å². The predicted octanol–water partition coefficient (Wildman–Crippen LogP) is 3.04. The number of hydrogen-bond donors (Lipinski definition) is 0. The van der Waals surface area contributed by atoms with E-state index in [1.807, 2.05) is 43.3 Å². The number of rotatable bonds is 5. The maximum atomic E-state index is 13.7. The summed E-state index contributed by atoms with van der Waals surface area (Å²) in [7, 11) is 5.59. The van der Waals surface area contributed by atoms with E-state index in [-0.39, 0.29) is 29.5 Å². The monoisotopic (exact) mass is 412 g/mol. The van der Waals surface area contributed by atoms with Crippen LogP contribution in [0.1, 0.15) is 38.3 Å². The highest BCUT2D eigenvalue weighted by Crippen LogP contribution is 2.48. The van der Waals surface area contributed by atoms with Crippen LogP contribution in [-0.2, 0) is 14.3 Å². The minimum Gasteiger partial charge on any atom is -0.497 e. The number of ether oxygens (including phenoxy) is 2. The fourth-order valence-corrected chi connectivity index (χ4v) is 4.98. The Kier molecular flexibility index (Phi) is 5.62. The summed E-state index contributed by atoms with van der Waals surface area (Å²) in [6.07, 6.45) is 1.46. The summed E-state index contributed by atoms with van der Waals surface area (Å²) in [5.74, 6) is 1.77. The molecule has 6 nitrogen and oxygen atoms in total. The Morgan fingerprint density at radius 2 is 1.77 bits per heavy atom. The van der Waals surface area contributed by atoms with Gasteiger partial charge in [-0.2, -0.15) is 0 Å². The van der Waals surface area contributed by atoms with Crippen LogP contribution in [0.5, 0.6) is 5.75 Å². The zero-order chi connectivity index (χ0) is 21.6. The molecule has 1 aliphatic carbocycles. The highest BCUT2D eigenvalue weighted by molar-refractivity contribution is 6.11. The Bertz CT molecular complexity index is 860. The van der Waals surface area contributed by atoms with Crippen LogP contribution in [0.2, 0.25) is 0 Å². The van der Waals surface area contributed by atoms with Gasteiger partial charge >= 0.3 is 0 Å². The summed E-state index contributed by atoms with van der Waals surface area (Å²) in [4.78, 5) is 30.9. The van der Waals surface area contributed by atoms with Crippen molar-refractivity contribution in [1.29, 1.82) is 0 Å². The van der Waals surface area contributed by atoms with E-state index in [0.717, 1.165) is 24.2 Å². The highest BCUT2D eigenvalue weighted by Gasteiger charge is 2.53. The van der Waals surface area contributed by atoms with E-state index < -0.39 is 6.04 Å². The van der Waals surface area contributed by atoms with Crippen LogP contribution in [0.4, 0.5) is 0 Å². The number of nitrogens with zero attached hydrogens (tertiary/aromatic N) is 2. The number of carbonyl (C=O) groups is 2. The molecule has 2 aliphatic heterocycles. The molecule has 3 aliphatic rings. The number of hydrogen-bond acceptors (Lipinski definition) is 5. The average Bonchev–Trinajstić information content (AvgIpc) is 3.00. The van der Waals surface area contributed by atoms with Gasteiger partial charge in [0.15, 0.2) is 11.5 Å². The van der Waals surface area contributed by atoms with Gasteiger partial charge in [0.25, 0.3) is 5.91 Å². The van der Waals surface area contributed by atoms with Crippen LogP contribution in [0.25, 0.3) is 0 Å². The van der Waals surface area contributed by atoms with Crippen molar-refractivity contribution in [1.82, 2.24) is 9.80 Å². The van der Waals surface area contributed by atoms with Crippen LogP contribution in [0.3, 0.4) is 0 Å². The third-order valence-electron chi connectivity index (χ3n) is 7.03. The van der Waals surface area contributed by atoms with Crippen molar-refractivity contribution < 1.29 is 19.1 Å². The van der Waals surface area contributed by atoms with Crippen molar-refractivity contribution in [3.63, 3.8) is 0 Å². The smallest absolute Gasteiger partial charge is 0.290 e. The molecule has 2 heterocycles. The molecule has 4 rings (SSSR count). The number of ketones is 1. The molecule has 6 heteroatoms. The van der Waals surface area contributed by atoms with E-state index in [9.17, 15) is 9.59 Å². The third kappa shape index (κ3) is 3.51. The molecule has 30 heavy (non-hydrogen) atoms. The Balaban J connectivity index is 1.73. The van der Waals surface area contributed by atoms with E-state index in [1.54, 1.807) is 12.0 Å². The second-order valence-corrected chi connectivity index (χ2v) is 9.27. The quantitative estimate of drug-likeness (QED) is 0.744. The van der Waals surface area contributed by atoms with E-state index in [1.165, 1.54) is 0 Å². The molecule has 1 aromatic rings. The van der Waals surface area contributed by atoms with Crippen molar-refractivity contribution >= 4 is 11.7 Å². The normalized spacial score (nSPS) is 31.0. The summed E-state index contributed by atoms with van der Waals surface area (Å²) in [5, 5.41) is 0. The van der Waals surface area contributed by atoms with Gasteiger partial charge in [-0.05, 0) is 56.5 Å². The molecular weight excluding hydrogens is 380 g/mol. The van der Waals surface area contributed by atoms with Crippen molar-refractivity contribution in [2.45, 2.75) is 38.8 Å². The zero-order valence-electron chi connectivity index (χ0n) is 18.6.